The number of hydrogen-bond donors (Lipinski definition) is 3. The van der Waals surface area contributed by atoms with Gasteiger partial charge in [0.2, 0.25) is 10.0 Å². The molecule has 1 rings (SSSR count). The quantitative estimate of drug-likeness (QED) is 0.428. The maximum atomic E-state index is 12.0. The maximum Gasteiger partial charge on any atom is 0.240 e. The van der Waals surface area contributed by atoms with Crippen molar-refractivity contribution >= 4 is 15.8 Å². The average molecular weight is 290 g/mol. The molecule has 0 aliphatic carbocycles. The van der Waals surface area contributed by atoms with Crippen molar-refractivity contribution in [2.45, 2.75) is 11.0 Å². The number of nitrogen functional groups attached to an aromatic ring is 1. The van der Waals surface area contributed by atoms with Crippen LogP contribution in [-0.2, 0) is 19.5 Å². The van der Waals surface area contributed by atoms with Crippen LogP contribution in [0.3, 0.4) is 0 Å². The summed E-state index contributed by atoms with van der Waals surface area (Å²) in [7, 11) is -0.634. The van der Waals surface area contributed by atoms with E-state index in [0.29, 0.717) is 6.61 Å². The fourth-order valence-corrected chi connectivity index (χ4v) is 2.42. The van der Waals surface area contributed by atoms with Gasteiger partial charge in [0.25, 0.3) is 0 Å². The Balaban J connectivity index is 2.74. The second-order valence-corrected chi connectivity index (χ2v) is 5.45. The Bertz CT molecular complexity index is 494. The Labute approximate surface area is 112 Å². The normalized spacial score (nSPS) is 13.2. The number of anilines is 1. The highest BCUT2D eigenvalue weighted by atomic mass is 32.2. The molecule has 0 saturated carbocycles. The molecule has 8 nitrogen and oxygen atoms in total. The number of sulfonamides is 1. The smallest absolute Gasteiger partial charge is 0.240 e. The summed E-state index contributed by atoms with van der Waals surface area (Å²) in [4.78, 5) is 3.91. The standard InChI is InChI=1S/C10H18N4O4S/c1-17-7-8(18-2)6-13-19(15,16)9-3-4-12-10(5-9)14-11/h3-5,8,13H,6-7,11H2,1-2H3,(H,12,14). The molecule has 19 heavy (non-hydrogen) atoms. The van der Waals surface area contributed by atoms with Crippen molar-refractivity contribution in [3.8, 4) is 0 Å². The van der Waals surface area contributed by atoms with Crippen molar-refractivity contribution in [2.75, 3.05) is 32.8 Å². The molecule has 0 saturated heterocycles. The average Bonchev–Trinajstić information content (AvgIpc) is 2.43. The molecule has 1 atom stereocenters. The minimum Gasteiger partial charge on any atom is -0.382 e. The number of nitrogens with zero attached hydrogens (tertiary/aromatic N) is 1. The van der Waals surface area contributed by atoms with E-state index in [4.69, 9.17) is 15.3 Å². The third kappa shape index (κ3) is 4.73. The topological polar surface area (TPSA) is 116 Å². The lowest BCUT2D eigenvalue weighted by Crippen LogP contribution is -2.35. The minimum absolute atomic E-state index is 0.0720. The van der Waals surface area contributed by atoms with Gasteiger partial charge < -0.3 is 14.9 Å². The largest absolute Gasteiger partial charge is 0.382 e. The zero-order valence-electron chi connectivity index (χ0n) is 10.8. The molecular formula is C10H18N4O4S. The lowest BCUT2D eigenvalue weighted by atomic mass is 10.4. The van der Waals surface area contributed by atoms with E-state index >= 15 is 0 Å². The van der Waals surface area contributed by atoms with Crippen molar-refractivity contribution in [3.63, 3.8) is 0 Å². The highest BCUT2D eigenvalue weighted by Crippen LogP contribution is 2.11. The number of hydrogen-bond acceptors (Lipinski definition) is 7. The van der Waals surface area contributed by atoms with Crippen LogP contribution in [0.4, 0.5) is 5.82 Å². The molecule has 0 fully saturated rings. The Morgan fingerprint density at radius 1 is 1.47 bits per heavy atom. The first-order chi connectivity index (χ1) is 9.03. The first-order valence-corrected chi connectivity index (χ1v) is 6.96. The predicted molar refractivity (Wildman–Crippen MR) is 69.9 cm³/mol. The van der Waals surface area contributed by atoms with Gasteiger partial charge in [0.15, 0.2) is 0 Å². The Hall–Kier alpha value is -1.26. The van der Waals surface area contributed by atoms with Crippen LogP contribution in [0, 0.1) is 0 Å². The number of hydrazine groups is 1. The van der Waals surface area contributed by atoms with Crippen LogP contribution in [-0.4, -0.2) is 46.9 Å². The molecule has 9 heteroatoms. The van der Waals surface area contributed by atoms with Crippen LogP contribution in [0.2, 0.25) is 0 Å². The van der Waals surface area contributed by atoms with Gasteiger partial charge in [0.05, 0.1) is 17.6 Å². The van der Waals surface area contributed by atoms with Crippen LogP contribution in [0.25, 0.3) is 0 Å². The summed E-state index contributed by atoms with van der Waals surface area (Å²) >= 11 is 0. The SMILES string of the molecule is COCC(CNS(=O)(=O)c1ccnc(NN)c1)OC. The van der Waals surface area contributed by atoms with Crippen LogP contribution >= 0.6 is 0 Å². The highest BCUT2D eigenvalue weighted by Gasteiger charge is 2.17. The molecule has 0 aliphatic heterocycles. The van der Waals surface area contributed by atoms with Gasteiger partial charge in [-0.05, 0) is 6.07 Å². The molecule has 0 spiro atoms. The summed E-state index contributed by atoms with van der Waals surface area (Å²) in [6.07, 6.45) is 1.00. The van der Waals surface area contributed by atoms with Gasteiger partial charge >= 0.3 is 0 Å². The van der Waals surface area contributed by atoms with Gasteiger partial charge in [-0.15, -0.1) is 0 Å². The van der Waals surface area contributed by atoms with Gasteiger partial charge in [-0.2, -0.15) is 0 Å². The van der Waals surface area contributed by atoms with Gasteiger partial charge in [0.1, 0.15) is 5.82 Å². The number of nitrogens with two attached hydrogens (primary N) is 1. The summed E-state index contributed by atoms with van der Waals surface area (Å²) in [5.41, 5.74) is 2.29. The van der Waals surface area contributed by atoms with E-state index in [1.54, 1.807) is 0 Å². The van der Waals surface area contributed by atoms with E-state index < -0.39 is 10.0 Å². The lowest BCUT2D eigenvalue weighted by molar-refractivity contribution is 0.0320. The van der Waals surface area contributed by atoms with E-state index in [9.17, 15) is 8.42 Å². The number of pyridine rings is 1. The molecule has 4 N–H and O–H groups in total. The van der Waals surface area contributed by atoms with Gasteiger partial charge in [-0.1, -0.05) is 0 Å². The Morgan fingerprint density at radius 3 is 2.79 bits per heavy atom. The molecule has 1 heterocycles. The monoisotopic (exact) mass is 290 g/mol. The van der Waals surface area contributed by atoms with E-state index in [1.165, 1.54) is 32.5 Å². The predicted octanol–water partition coefficient (Wildman–Crippen LogP) is -0.693. The summed E-state index contributed by atoms with van der Waals surface area (Å²) in [6.45, 7) is 0.408. The molecule has 0 radical (unpaired) electrons. The molecule has 0 aromatic carbocycles. The van der Waals surface area contributed by atoms with E-state index in [1.807, 2.05) is 0 Å². The fourth-order valence-electron chi connectivity index (χ4n) is 1.34. The first-order valence-electron chi connectivity index (χ1n) is 5.47. The molecule has 108 valence electrons. The zero-order valence-corrected chi connectivity index (χ0v) is 11.6. The van der Waals surface area contributed by atoms with Gasteiger partial charge in [-0.3, -0.25) is 0 Å². The Morgan fingerprint density at radius 2 is 2.21 bits per heavy atom. The van der Waals surface area contributed by atoms with Crippen LogP contribution < -0.4 is 16.0 Å². The highest BCUT2D eigenvalue weighted by molar-refractivity contribution is 7.89. The third-order valence-electron chi connectivity index (χ3n) is 2.38. The zero-order chi connectivity index (χ0) is 14.3. The first kappa shape index (κ1) is 15.8. The number of nitrogens with one attached hydrogen (secondary N) is 2. The van der Waals surface area contributed by atoms with Crippen molar-refractivity contribution in [2.24, 2.45) is 5.84 Å². The van der Waals surface area contributed by atoms with Gasteiger partial charge in [-0.25, -0.2) is 24.0 Å². The number of rotatable bonds is 8. The molecule has 0 aliphatic rings. The fraction of sp³-hybridized carbons (Fsp3) is 0.500. The summed E-state index contributed by atoms with van der Waals surface area (Å²) in [6, 6.07) is 2.71. The molecule has 0 bridgehead atoms. The molecule has 1 aromatic rings. The minimum atomic E-state index is -3.64. The summed E-state index contributed by atoms with van der Waals surface area (Å²) < 4.78 is 36.5. The molecule has 1 unspecified atom stereocenters. The van der Waals surface area contributed by atoms with Crippen LogP contribution in [0.15, 0.2) is 23.2 Å². The van der Waals surface area contributed by atoms with E-state index in [2.05, 4.69) is 15.1 Å². The molecule has 0 amide bonds. The van der Waals surface area contributed by atoms with Crippen molar-refractivity contribution in [3.05, 3.63) is 18.3 Å². The van der Waals surface area contributed by atoms with E-state index in [0.717, 1.165) is 0 Å². The molecule has 1 aromatic heterocycles. The maximum absolute atomic E-state index is 12.0. The van der Waals surface area contributed by atoms with Gasteiger partial charge in [0, 0.05) is 33.0 Å². The lowest BCUT2D eigenvalue weighted by Gasteiger charge is -2.15. The Kier molecular flexibility index (Phi) is 6.12. The summed E-state index contributed by atoms with van der Waals surface area (Å²) in [5.74, 6) is 5.45. The van der Waals surface area contributed by atoms with Crippen LogP contribution in [0.1, 0.15) is 0 Å². The van der Waals surface area contributed by atoms with Crippen molar-refractivity contribution in [1.82, 2.24) is 9.71 Å². The number of ether oxygens (including phenoxy) is 2. The van der Waals surface area contributed by atoms with Crippen LogP contribution in [0.5, 0.6) is 0 Å². The second-order valence-electron chi connectivity index (χ2n) is 3.69. The second kappa shape index (κ2) is 7.36. The number of aromatic nitrogens is 1. The summed E-state index contributed by atoms with van der Waals surface area (Å²) in [5, 5.41) is 0. The third-order valence-corrected chi connectivity index (χ3v) is 3.80. The van der Waals surface area contributed by atoms with Crippen molar-refractivity contribution in [1.29, 1.82) is 0 Å². The molecular weight excluding hydrogens is 272 g/mol. The van der Waals surface area contributed by atoms with E-state index in [-0.39, 0.29) is 23.4 Å². The van der Waals surface area contributed by atoms with Crippen molar-refractivity contribution < 1.29 is 17.9 Å². The number of methoxy groups -OCH3 is 2.